The number of nitrogens with one attached hydrogen (secondary N) is 3. The third kappa shape index (κ3) is 28.0. The van der Waals surface area contributed by atoms with Gasteiger partial charge in [-0.05, 0) is 150 Å². The molecule has 0 saturated carbocycles. The highest BCUT2D eigenvalue weighted by molar-refractivity contribution is 5.96. The quantitative estimate of drug-likeness (QED) is 0.0210. The third-order valence-electron chi connectivity index (χ3n) is 15.8. The smallest absolute Gasteiger partial charge is 0.417 e. The van der Waals surface area contributed by atoms with E-state index < -0.39 is 57.9 Å². The molecule has 0 bridgehead atoms. The topological polar surface area (TPSA) is 256 Å². The lowest BCUT2D eigenvalue weighted by Gasteiger charge is -2.43. The Hall–Kier alpha value is -7.82. The van der Waals surface area contributed by atoms with Gasteiger partial charge in [-0.2, -0.15) is 13.2 Å². The van der Waals surface area contributed by atoms with Crippen LogP contribution in [-0.2, 0) is 50.8 Å². The Morgan fingerprint density at radius 3 is 1.71 bits per heavy atom. The number of halogens is 3. The van der Waals surface area contributed by atoms with Crippen LogP contribution in [-0.4, -0.2) is 244 Å². The third-order valence-corrected chi connectivity index (χ3v) is 15.8. The van der Waals surface area contributed by atoms with Crippen LogP contribution < -0.4 is 35.1 Å². The monoisotopic (exact) mass is 1390 g/mol. The molecule has 1 atom stereocenters. The first-order valence-electron chi connectivity index (χ1n) is 34.3. The second-order valence-corrected chi connectivity index (χ2v) is 27.4. The Balaban J connectivity index is 1.02. The standard InChI is InChI=1S/C72H105F3N10O14/c1-13-53-46-84(67(90)56-22-21-54(94-14-2)44-58(56)72(73,74)75)36-37-85(53)61-24-23-59(57-19-16-17-20-62(57)95-15-3)79-60(61)45-76-25-18-38-96-55-42-51(68(91)92)41-52(43-55)77-26-39-93-40-27-78-63(86)47-80-28-30-81(48-64(87)97-69(4,5)6)32-34-83(50-66(89)99-71(10,11)12)35-33-82(31-29-80)49-65(88)98-70(7,8)9/h16-17,19-24,41-44,53,76-77H,13-15,18,25-40,45-50H2,1-12H3,(H,78,86)(H,91,92)/t53-/m1/s1. The molecule has 4 N–H and O–H groups in total. The Morgan fingerprint density at radius 2 is 1.16 bits per heavy atom. The first-order valence-corrected chi connectivity index (χ1v) is 34.3. The molecule has 27 heteroatoms. The summed E-state index contributed by atoms with van der Waals surface area (Å²) in [6.07, 6.45) is -3.66. The maximum absolute atomic E-state index is 14.4. The number of carbonyl (C=O) groups excluding carboxylic acids is 5. The molecule has 3 aromatic carbocycles. The number of carboxylic acids is 1. The van der Waals surface area contributed by atoms with E-state index in [-0.39, 0.29) is 101 Å². The number of hydrogen-bond donors (Lipinski definition) is 4. The van der Waals surface area contributed by atoms with Gasteiger partial charge in [0.25, 0.3) is 5.91 Å². The summed E-state index contributed by atoms with van der Waals surface area (Å²) in [6.45, 7) is 28.3. The number of benzene rings is 3. The van der Waals surface area contributed by atoms with E-state index in [1.807, 2.05) is 90.6 Å². The molecule has 1 aromatic heterocycles. The molecule has 3 heterocycles. The summed E-state index contributed by atoms with van der Waals surface area (Å²) in [5, 5.41) is 19.7. The van der Waals surface area contributed by atoms with E-state index in [4.69, 9.17) is 38.1 Å². The van der Waals surface area contributed by atoms with E-state index in [1.165, 1.54) is 29.2 Å². The molecule has 6 rings (SSSR count). The van der Waals surface area contributed by atoms with Crippen molar-refractivity contribution in [3.63, 3.8) is 0 Å². The van der Waals surface area contributed by atoms with Crippen molar-refractivity contribution in [1.29, 1.82) is 0 Å². The van der Waals surface area contributed by atoms with Gasteiger partial charge in [0.05, 0.1) is 93.0 Å². The highest BCUT2D eigenvalue weighted by atomic mass is 19.4. The summed E-state index contributed by atoms with van der Waals surface area (Å²) in [6, 6.07) is 19.4. The normalized spacial score (nSPS) is 16.1. The number of aromatic carboxylic acids is 1. The molecule has 2 aliphatic rings. The highest BCUT2D eigenvalue weighted by Crippen LogP contribution is 2.37. The minimum Gasteiger partial charge on any atom is -0.494 e. The minimum atomic E-state index is -4.77. The van der Waals surface area contributed by atoms with E-state index in [2.05, 4.69) is 20.9 Å². The fourth-order valence-electron chi connectivity index (χ4n) is 11.3. The Labute approximate surface area is 581 Å². The van der Waals surface area contributed by atoms with Crippen molar-refractivity contribution in [2.45, 2.75) is 131 Å². The number of para-hydroxylation sites is 1. The number of pyridine rings is 1. The molecule has 2 amide bonds. The average molecular weight is 1390 g/mol. The van der Waals surface area contributed by atoms with Crippen molar-refractivity contribution in [1.82, 2.24) is 40.1 Å². The first-order chi connectivity index (χ1) is 46.8. The number of aromatic nitrogens is 1. The van der Waals surface area contributed by atoms with Crippen LogP contribution in [0, 0.1) is 0 Å². The molecule has 2 fully saturated rings. The van der Waals surface area contributed by atoms with Crippen LogP contribution in [0.2, 0.25) is 0 Å². The van der Waals surface area contributed by atoms with Crippen molar-refractivity contribution >= 4 is 47.1 Å². The van der Waals surface area contributed by atoms with Gasteiger partial charge in [-0.25, -0.2) is 9.78 Å². The number of rotatable bonds is 31. The number of anilines is 2. The largest absolute Gasteiger partial charge is 0.494 e. The Morgan fingerprint density at radius 1 is 0.596 bits per heavy atom. The number of hydrogen-bond acceptors (Lipinski definition) is 21. The zero-order valence-electron chi connectivity index (χ0n) is 59.9. The van der Waals surface area contributed by atoms with Crippen LogP contribution in [0.3, 0.4) is 0 Å². The summed E-state index contributed by atoms with van der Waals surface area (Å²) in [5.41, 5.74) is -0.0234. The zero-order valence-corrected chi connectivity index (χ0v) is 59.9. The first kappa shape index (κ1) is 80.2. The average Bonchev–Trinajstić information content (AvgIpc) is 0.783. The zero-order chi connectivity index (χ0) is 72.5. The van der Waals surface area contributed by atoms with Crippen LogP contribution in [0.5, 0.6) is 17.2 Å². The molecule has 99 heavy (non-hydrogen) atoms. The molecule has 0 radical (unpaired) electrons. The van der Waals surface area contributed by atoms with Gasteiger partial charge < -0.3 is 64.0 Å². The summed E-state index contributed by atoms with van der Waals surface area (Å²) < 4.78 is 83.4. The number of ether oxygens (including phenoxy) is 7. The summed E-state index contributed by atoms with van der Waals surface area (Å²) in [4.78, 5) is 95.8. The van der Waals surface area contributed by atoms with Crippen molar-refractivity contribution in [2.75, 3.05) is 161 Å². The van der Waals surface area contributed by atoms with Gasteiger partial charge in [0, 0.05) is 115 Å². The molecule has 0 aliphatic carbocycles. The van der Waals surface area contributed by atoms with Crippen molar-refractivity contribution in [3.05, 3.63) is 95.2 Å². The van der Waals surface area contributed by atoms with Crippen LogP contribution in [0.4, 0.5) is 24.5 Å². The lowest BCUT2D eigenvalue weighted by atomic mass is 10.0. The molecule has 2 aliphatic heterocycles. The minimum absolute atomic E-state index is 0.00435. The lowest BCUT2D eigenvalue weighted by Crippen LogP contribution is -2.55. The number of piperazine rings is 1. The molecular weight excluding hydrogens is 1290 g/mol. The van der Waals surface area contributed by atoms with Crippen molar-refractivity contribution < 1.29 is 80.2 Å². The molecular formula is C72H105F3N10O14. The van der Waals surface area contributed by atoms with Gasteiger partial charge in [-0.15, -0.1) is 0 Å². The van der Waals surface area contributed by atoms with Gasteiger partial charge in [0.15, 0.2) is 0 Å². The highest BCUT2D eigenvalue weighted by Gasteiger charge is 2.39. The van der Waals surface area contributed by atoms with Crippen LogP contribution in [0.15, 0.2) is 72.8 Å². The maximum atomic E-state index is 14.4. The second-order valence-electron chi connectivity index (χ2n) is 27.4. The molecule has 24 nitrogen and oxygen atoms in total. The summed E-state index contributed by atoms with van der Waals surface area (Å²) >= 11 is 0. The van der Waals surface area contributed by atoms with Gasteiger partial charge in [-0.1, -0.05) is 19.1 Å². The fraction of sp³-hybridized carbons (Fsp3) is 0.597. The van der Waals surface area contributed by atoms with E-state index in [0.29, 0.717) is 127 Å². The number of carbonyl (C=O) groups is 6. The second kappa shape index (κ2) is 38.1. The molecule has 4 aromatic rings. The molecule has 0 unspecified atom stereocenters. The molecule has 2 saturated heterocycles. The van der Waals surface area contributed by atoms with E-state index in [9.17, 15) is 47.0 Å². The number of nitrogens with zero attached hydrogens (tertiary/aromatic N) is 7. The van der Waals surface area contributed by atoms with E-state index in [0.717, 1.165) is 17.3 Å². The number of carboxylic acid groups (broad SMARTS) is 1. The van der Waals surface area contributed by atoms with Crippen LogP contribution in [0.25, 0.3) is 11.3 Å². The van der Waals surface area contributed by atoms with Gasteiger partial charge in [-0.3, -0.25) is 43.6 Å². The van der Waals surface area contributed by atoms with E-state index in [1.54, 1.807) is 54.5 Å². The fourth-order valence-corrected chi connectivity index (χ4v) is 11.3. The number of amides is 2. The maximum Gasteiger partial charge on any atom is 0.417 e. The van der Waals surface area contributed by atoms with Crippen LogP contribution in [0.1, 0.15) is 128 Å². The lowest BCUT2D eigenvalue weighted by molar-refractivity contribution is -0.158. The van der Waals surface area contributed by atoms with Crippen molar-refractivity contribution in [3.8, 4) is 28.5 Å². The predicted molar refractivity (Wildman–Crippen MR) is 372 cm³/mol. The Bertz CT molecular complexity index is 3240. The predicted octanol–water partition coefficient (Wildman–Crippen LogP) is 8.35. The van der Waals surface area contributed by atoms with Crippen molar-refractivity contribution in [2.24, 2.45) is 0 Å². The SMILES string of the molecule is CCOc1ccc(C(=O)N2CCN(c3ccc(-c4ccccc4OCC)nc3CNCCCOc3cc(NCCOCCNC(=O)CN4CCN(CC(=O)OC(C)(C)C)CCN(CC(=O)OC(C)(C)C)CCN(CC(=O)OC(C)(C)C)CC4)cc(C(=O)O)c3)[C@H](CC)C2)c(C(F)(F)F)c1. The van der Waals surface area contributed by atoms with E-state index >= 15 is 0 Å². The van der Waals surface area contributed by atoms with Gasteiger partial charge in [0.1, 0.15) is 34.1 Å². The van der Waals surface area contributed by atoms with Gasteiger partial charge in [0.2, 0.25) is 5.91 Å². The number of esters is 3. The molecule has 0 spiro atoms. The van der Waals surface area contributed by atoms with Crippen LogP contribution >= 0.6 is 0 Å². The number of alkyl halides is 3. The summed E-state index contributed by atoms with van der Waals surface area (Å²) in [7, 11) is 0. The van der Waals surface area contributed by atoms with Gasteiger partial charge >= 0.3 is 30.1 Å². The Kier molecular flexibility index (Phi) is 30.9. The summed E-state index contributed by atoms with van der Waals surface area (Å²) in [5.74, 6) is -2.23. The molecule has 548 valence electrons.